The summed E-state index contributed by atoms with van der Waals surface area (Å²) in [7, 11) is 1.82. The molecule has 2 aliphatic heterocycles. The van der Waals surface area contributed by atoms with Gasteiger partial charge in [0.1, 0.15) is 0 Å². The summed E-state index contributed by atoms with van der Waals surface area (Å²) < 4.78 is 12.7. The van der Waals surface area contributed by atoms with Crippen LogP contribution in [0.3, 0.4) is 0 Å². The van der Waals surface area contributed by atoms with Gasteiger partial charge >= 0.3 is 0 Å². The number of ether oxygens (including phenoxy) is 2. The summed E-state index contributed by atoms with van der Waals surface area (Å²) in [6, 6.07) is 0. The van der Waals surface area contributed by atoms with Crippen molar-refractivity contribution < 1.29 is 9.47 Å². The van der Waals surface area contributed by atoms with E-state index in [-0.39, 0.29) is 24.0 Å². The molecule has 0 radical (unpaired) electrons. The second-order valence-corrected chi connectivity index (χ2v) is 7.05. The average Bonchev–Trinajstić information content (AvgIpc) is 2.55. The molecule has 0 aromatic heterocycles. The van der Waals surface area contributed by atoms with Crippen LogP contribution < -0.4 is 5.32 Å². The first kappa shape index (κ1) is 21.2. The molecule has 2 aliphatic rings. The summed E-state index contributed by atoms with van der Waals surface area (Å²) in [5, 5.41) is 3.31. The Kier molecular flexibility index (Phi) is 10.7. The third-order valence-corrected chi connectivity index (χ3v) is 4.46. The van der Waals surface area contributed by atoms with Crippen molar-refractivity contribution in [2.45, 2.75) is 44.3 Å². The van der Waals surface area contributed by atoms with Crippen molar-refractivity contribution >= 4 is 45.9 Å². The second kappa shape index (κ2) is 11.7. The molecule has 5 nitrogen and oxygen atoms in total. The SMILES string of the molecule is C=C(Br)CNC(=NC)N1CCC(OCC2CCCCO2)CC1.I. The predicted molar refractivity (Wildman–Crippen MR) is 109 cm³/mol. The standard InChI is InChI=1S/C16H28BrN3O2.HI/c1-13(17)11-19-16(18-2)20-8-6-14(7-9-20)22-12-15-5-3-4-10-21-15;/h14-15H,1,3-12H2,2H3,(H,18,19);1H. The number of nitrogens with one attached hydrogen (secondary N) is 1. The molecule has 134 valence electrons. The zero-order valence-electron chi connectivity index (χ0n) is 13.9. The van der Waals surface area contributed by atoms with Gasteiger partial charge in [0.2, 0.25) is 0 Å². The van der Waals surface area contributed by atoms with Gasteiger partial charge in [0.15, 0.2) is 5.96 Å². The lowest BCUT2D eigenvalue weighted by molar-refractivity contribution is -0.0721. The Morgan fingerprint density at radius 2 is 2.09 bits per heavy atom. The van der Waals surface area contributed by atoms with Crippen LogP contribution >= 0.6 is 39.9 Å². The van der Waals surface area contributed by atoms with Crippen LogP contribution in [0.15, 0.2) is 16.1 Å². The Morgan fingerprint density at radius 1 is 1.35 bits per heavy atom. The van der Waals surface area contributed by atoms with Crippen LogP contribution in [0.1, 0.15) is 32.1 Å². The number of hydrogen-bond acceptors (Lipinski definition) is 3. The first-order valence-corrected chi connectivity index (χ1v) is 9.00. The Hall–Kier alpha value is 0.140. The molecule has 2 rings (SSSR count). The maximum atomic E-state index is 6.05. The highest BCUT2D eigenvalue weighted by atomic mass is 127. The van der Waals surface area contributed by atoms with Crippen LogP contribution in [0.5, 0.6) is 0 Å². The number of aliphatic imine (C=N–C) groups is 1. The van der Waals surface area contributed by atoms with Crippen molar-refractivity contribution in [3.8, 4) is 0 Å². The fraction of sp³-hybridized carbons (Fsp3) is 0.812. The van der Waals surface area contributed by atoms with E-state index in [1.54, 1.807) is 0 Å². The lowest BCUT2D eigenvalue weighted by Gasteiger charge is -2.35. The summed E-state index contributed by atoms with van der Waals surface area (Å²) in [6.45, 7) is 8.13. The van der Waals surface area contributed by atoms with E-state index in [9.17, 15) is 0 Å². The van der Waals surface area contributed by atoms with E-state index in [0.29, 0.717) is 18.8 Å². The molecule has 1 atom stereocenters. The van der Waals surface area contributed by atoms with E-state index >= 15 is 0 Å². The third-order valence-electron chi connectivity index (χ3n) is 4.18. The van der Waals surface area contributed by atoms with Crippen LogP contribution in [0.25, 0.3) is 0 Å². The van der Waals surface area contributed by atoms with Crippen molar-refractivity contribution in [2.24, 2.45) is 4.99 Å². The highest BCUT2D eigenvalue weighted by Gasteiger charge is 2.23. The molecule has 7 heteroatoms. The summed E-state index contributed by atoms with van der Waals surface area (Å²) in [5.41, 5.74) is 0. The van der Waals surface area contributed by atoms with E-state index in [2.05, 4.69) is 37.7 Å². The van der Waals surface area contributed by atoms with Crippen molar-refractivity contribution in [3.63, 3.8) is 0 Å². The molecule has 1 unspecified atom stereocenters. The van der Waals surface area contributed by atoms with Crippen LogP contribution in [0.4, 0.5) is 0 Å². The van der Waals surface area contributed by atoms with Gasteiger partial charge in [-0.2, -0.15) is 0 Å². The lowest BCUT2D eigenvalue weighted by Crippen LogP contribution is -2.47. The number of nitrogens with zero attached hydrogens (tertiary/aromatic N) is 2. The number of likely N-dealkylation sites (tertiary alicyclic amines) is 1. The van der Waals surface area contributed by atoms with Gasteiger partial charge in [0.25, 0.3) is 0 Å². The monoisotopic (exact) mass is 501 g/mol. The molecule has 0 bridgehead atoms. The summed E-state index contributed by atoms with van der Waals surface area (Å²) in [6.07, 6.45) is 6.36. The molecule has 2 saturated heterocycles. The van der Waals surface area contributed by atoms with Gasteiger partial charge in [-0.15, -0.1) is 24.0 Å². The number of hydrogen-bond donors (Lipinski definition) is 1. The first-order valence-electron chi connectivity index (χ1n) is 8.21. The van der Waals surface area contributed by atoms with E-state index in [1.807, 2.05) is 7.05 Å². The molecule has 2 fully saturated rings. The molecule has 0 amide bonds. The molecule has 1 N–H and O–H groups in total. The Morgan fingerprint density at radius 3 is 2.65 bits per heavy atom. The van der Waals surface area contributed by atoms with Gasteiger partial charge < -0.3 is 19.7 Å². The minimum absolute atomic E-state index is 0. The van der Waals surface area contributed by atoms with E-state index in [4.69, 9.17) is 9.47 Å². The molecule has 2 heterocycles. The van der Waals surface area contributed by atoms with Crippen LogP contribution in [0.2, 0.25) is 0 Å². The minimum atomic E-state index is 0. The fourth-order valence-corrected chi connectivity index (χ4v) is 3.06. The molecule has 0 saturated carbocycles. The van der Waals surface area contributed by atoms with E-state index < -0.39 is 0 Å². The molecule has 0 aromatic rings. The van der Waals surface area contributed by atoms with Crippen molar-refractivity contribution in [3.05, 3.63) is 11.1 Å². The Bertz CT molecular complexity index is 382. The highest BCUT2D eigenvalue weighted by Crippen LogP contribution is 2.18. The van der Waals surface area contributed by atoms with E-state index in [1.165, 1.54) is 12.8 Å². The predicted octanol–water partition coefficient (Wildman–Crippen LogP) is 3.14. The first-order chi connectivity index (χ1) is 10.7. The Labute approximate surface area is 165 Å². The highest BCUT2D eigenvalue weighted by molar-refractivity contribution is 14.0. The minimum Gasteiger partial charge on any atom is -0.376 e. The van der Waals surface area contributed by atoms with Gasteiger partial charge in [-0.05, 0) is 32.1 Å². The van der Waals surface area contributed by atoms with Gasteiger partial charge in [-0.3, -0.25) is 4.99 Å². The summed E-state index contributed by atoms with van der Waals surface area (Å²) in [4.78, 5) is 6.62. The van der Waals surface area contributed by atoms with Gasteiger partial charge in [0, 0.05) is 37.8 Å². The maximum Gasteiger partial charge on any atom is 0.193 e. The van der Waals surface area contributed by atoms with Crippen LogP contribution in [-0.2, 0) is 9.47 Å². The fourth-order valence-electron chi connectivity index (χ4n) is 2.92. The number of halogens is 2. The number of rotatable bonds is 5. The van der Waals surface area contributed by atoms with Crippen molar-refractivity contribution in [2.75, 3.05) is 39.9 Å². The van der Waals surface area contributed by atoms with Gasteiger partial charge in [0.05, 0.1) is 18.8 Å². The molecule has 0 aromatic carbocycles. The zero-order valence-corrected chi connectivity index (χ0v) is 17.8. The quantitative estimate of drug-likeness (QED) is 0.357. The molecular weight excluding hydrogens is 473 g/mol. The molecule has 23 heavy (non-hydrogen) atoms. The second-order valence-electron chi connectivity index (χ2n) is 5.93. The molecule has 0 aliphatic carbocycles. The van der Waals surface area contributed by atoms with Gasteiger partial charge in [-0.1, -0.05) is 22.5 Å². The Balaban J connectivity index is 0.00000264. The maximum absolute atomic E-state index is 6.05. The topological polar surface area (TPSA) is 46.1 Å². The van der Waals surface area contributed by atoms with Crippen LogP contribution in [0, 0.1) is 0 Å². The summed E-state index contributed by atoms with van der Waals surface area (Å²) >= 11 is 3.36. The normalized spacial score (nSPS) is 23.3. The van der Waals surface area contributed by atoms with Gasteiger partial charge in [-0.25, -0.2) is 0 Å². The number of piperidine rings is 1. The van der Waals surface area contributed by atoms with Crippen molar-refractivity contribution in [1.29, 1.82) is 0 Å². The molecule has 0 spiro atoms. The lowest BCUT2D eigenvalue weighted by atomic mass is 10.1. The van der Waals surface area contributed by atoms with E-state index in [0.717, 1.165) is 56.0 Å². The average molecular weight is 502 g/mol. The third kappa shape index (κ3) is 7.70. The zero-order chi connectivity index (χ0) is 15.8. The molecular formula is C16H29BrIN3O2. The van der Waals surface area contributed by atoms with Crippen molar-refractivity contribution in [1.82, 2.24) is 10.2 Å². The summed E-state index contributed by atoms with van der Waals surface area (Å²) in [5.74, 6) is 0.940. The largest absolute Gasteiger partial charge is 0.376 e. The number of guanidine groups is 1. The van der Waals surface area contributed by atoms with Crippen LogP contribution in [-0.4, -0.2) is 63.0 Å². The smallest absolute Gasteiger partial charge is 0.193 e.